The molecule has 1 aliphatic rings. The molecular formula is C28H31NO2. The molecule has 4 rings (SSSR count). The minimum atomic E-state index is -0.692. The van der Waals surface area contributed by atoms with Gasteiger partial charge in [0, 0.05) is 25.2 Å². The Morgan fingerprint density at radius 1 is 0.806 bits per heavy atom. The lowest BCUT2D eigenvalue weighted by molar-refractivity contribution is -0.137. The van der Waals surface area contributed by atoms with Crippen LogP contribution in [-0.2, 0) is 23.3 Å². The van der Waals surface area contributed by atoms with E-state index in [0.29, 0.717) is 0 Å². The Morgan fingerprint density at radius 2 is 1.35 bits per heavy atom. The molecule has 1 fully saturated rings. The van der Waals surface area contributed by atoms with E-state index >= 15 is 0 Å². The van der Waals surface area contributed by atoms with Crippen LogP contribution < -0.4 is 4.90 Å². The molecule has 0 aromatic heterocycles. The number of carbonyl (C=O) groups is 1. The summed E-state index contributed by atoms with van der Waals surface area (Å²) in [5, 5.41) is 9.01. The van der Waals surface area contributed by atoms with E-state index < -0.39 is 5.97 Å². The maximum absolute atomic E-state index is 10.9. The van der Waals surface area contributed by atoms with Crippen LogP contribution in [0, 0.1) is 0 Å². The van der Waals surface area contributed by atoms with Gasteiger partial charge in [0.15, 0.2) is 0 Å². The third kappa shape index (κ3) is 5.35. The molecule has 1 N–H and O–H groups in total. The first-order chi connectivity index (χ1) is 15.1. The predicted octanol–water partition coefficient (Wildman–Crippen LogP) is 6.57. The summed E-state index contributed by atoms with van der Waals surface area (Å²) in [6, 6.07) is 30.3. The monoisotopic (exact) mass is 413 g/mol. The molecule has 0 aliphatic heterocycles. The van der Waals surface area contributed by atoms with Gasteiger partial charge in [0.2, 0.25) is 0 Å². The number of anilines is 1. The Balaban J connectivity index is 1.53. The Bertz CT molecular complexity index is 921. The van der Waals surface area contributed by atoms with Gasteiger partial charge in [-0.2, -0.15) is 0 Å². The van der Waals surface area contributed by atoms with E-state index in [1.807, 2.05) is 0 Å². The summed E-state index contributed by atoms with van der Waals surface area (Å²) in [5.74, 6) is -0.692. The van der Waals surface area contributed by atoms with Gasteiger partial charge in [-0.3, -0.25) is 4.79 Å². The second-order valence-electron chi connectivity index (χ2n) is 8.76. The number of nitrogens with zero attached hydrogens (tertiary/aromatic N) is 1. The van der Waals surface area contributed by atoms with Gasteiger partial charge >= 0.3 is 5.97 Å². The standard InChI is InChI=1S/C28H31NO2/c30-27(31)13-7-18-28(19-8-20-28)25-14-16-26(17-15-25)29(21-23-9-3-1-4-10-23)22-24-11-5-2-6-12-24/h1-6,9-12,14-17H,7-8,13,18-22H2,(H,30,31). The topological polar surface area (TPSA) is 40.5 Å². The molecule has 0 heterocycles. The Labute approximate surface area is 185 Å². The highest BCUT2D eigenvalue weighted by Crippen LogP contribution is 2.47. The number of carboxylic acids is 1. The lowest BCUT2D eigenvalue weighted by Crippen LogP contribution is -2.34. The Hall–Kier alpha value is -3.07. The molecule has 3 nitrogen and oxygen atoms in total. The Morgan fingerprint density at radius 3 is 1.81 bits per heavy atom. The normalized spacial score (nSPS) is 14.6. The molecule has 3 heteroatoms. The van der Waals surface area contributed by atoms with Crippen molar-refractivity contribution in [2.75, 3.05) is 4.90 Å². The lowest BCUT2D eigenvalue weighted by atomic mass is 9.62. The summed E-state index contributed by atoms with van der Waals surface area (Å²) in [7, 11) is 0. The molecule has 31 heavy (non-hydrogen) atoms. The fourth-order valence-electron chi connectivity index (χ4n) is 4.74. The van der Waals surface area contributed by atoms with Crippen LogP contribution in [0.5, 0.6) is 0 Å². The van der Waals surface area contributed by atoms with Crippen LogP contribution in [-0.4, -0.2) is 11.1 Å². The largest absolute Gasteiger partial charge is 0.481 e. The second kappa shape index (κ2) is 9.82. The van der Waals surface area contributed by atoms with E-state index in [1.165, 1.54) is 41.6 Å². The molecular weight excluding hydrogens is 382 g/mol. The van der Waals surface area contributed by atoms with Crippen molar-refractivity contribution in [3.8, 4) is 0 Å². The van der Waals surface area contributed by atoms with Crippen LogP contribution >= 0.6 is 0 Å². The number of carboxylic acid groups (broad SMARTS) is 1. The van der Waals surface area contributed by atoms with E-state index in [9.17, 15) is 4.79 Å². The average Bonchev–Trinajstić information content (AvgIpc) is 2.77. The summed E-state index contributed by atoms with van der Waals surface area (Å²) < 4.78 is 0. The van der Waals surface area contributed by atoms with Crippen molar-refractivity contribution in [2.24, 2.45) is 0 Å². The molecule has 0 spiro atoms. The molecule has 3 aromatic rings. The number of hydrogen-bond donors (Lipinski definition) is 1. The summed E-state index contributed by atoms with van der Waals surface area (Å²) >= 11 is 0. The number of hydrogen-bond acceptors (Lipinski definition) is 2. The molecule has 1 saturated carbocycles. The fraction of sp³-hybridized carbons (Fsp3) is 0.321. The molecule has 1 aliphatic carbocycles. The predicted molar refractivity (Wildman–Crippen MR) is 126 cm³/mol. The second-order valence-corrected chi connectivity index (χ2v) is 8.76. The van der Waals surface area contributed by atoms with Gasteiger partial charge < -0.3 is 10.0 Å². The van der Waals surface area contributed by atoms with Crippen molar-refractivity contribution in [2.45, 2.75) is 57.0 Å². The van der Waals surface area contributed by atoms with E-state index in [-0.39, 0.29) is 11.8 Å². The molecule has 160 valence electrons. The van der Waals surface area contributed by atoms with Crippen molar-refractivity contribution in [1.82, 2.24) is 0 Å². The van der Waals surface area contributed by atoms with Crippen LogP contribution in [0.1, 0.15) is 55.2 Å². The number of aliphatic carboxylic acids is 1. The Kier molecular flexibility index (Phi) is 6.71. The van der Waals surface area contributed by atoms with Gasteiger partial charge in [0.1, 0.15) is 0 Å². The SMILES string of the molecule is O=C(O)CCCC1(c2ccc(N(Cc3ccccc3)Cc3ccccc3)cc2)CCC1. The highest BCUT2D eigenvalue weighted by molar-refractivity contribution is 5.66. The highest BCUT2D eigenvalue weighted by Gasteiger charge is 2.38. The minimum absolute atomic E-state index is 0.178. The minimum Gasteiger partial charge on any atom is -0.481 e. The average molecular weight is 414 g/mol. The van der Waals surface area contributed by atoms with E-state index in [2.05, 4.69) is 89.8 Å². The zero-order chi connectivity index (χ0) is 21.5. The van der Waals surface area contributed by atoms with Gasteiger partial charge in [-0.25, -0.2) is 0 Å². The van der Waals surface area contributed by atoms with Crippen molar-refractivity contribution < 1.29 is 9.90 Å². The van der Waals surface area contributed by atoms with Crippen molar-refractivity contribution >= 4 is 11.7 Å². The third-order valence-corrected chi connectivity index (χ3v) is 6.63. The first-order valence-electron chi connectivity index (χ1n) is 11.3. The van der Waals surface area contributed by atoms with Gasteiger partial charge in [0.05, 0.1) is 0 Å². The molecule has 0 saturated heterocycles. The maximum Gasteiger partial charge on any atom is 0.303 e. The molecule has 0 atom stereocenters. The summed E-state index contributed by atoms with van der Waals surface area (Å²) in [6.45, 7) is 1.72. The van der Waals surface area contributed by atoms with Crippen molar-refractivity contribution in [3.63, 3.8) is 0 Å². The van der Waals surface area contributed by atoms with Crippen molar-refractivity contribution in [3.05, 3.63) is 102 Å². The first-order valence-corrected chi connectivity index (χ1v) is 11.3. The molecule has 0 unspecified atom stereocenters. The van der Waals surface area contributed by atoms with Gasteiger partial charge in [-0.1, -0.05) is 79.2 Å². The van der Waals surface area contributed by atoms with Gasteiger partial charge in [-0.15, -0.1) is 0 Å². The van der Waals surface area contributed by atoms with Gasteiger partial charge in [-0.05, 0) is 59.9 Å². The lowest BCUT2D eigenvalue weighted by Gasteiger charge is -2.43. The zero-order valence-electron chi connectivity index (χ0n) is 18.0. The molecule has 0 amide bonds. The summed E-state index contributed by atoms with van der Waals surface area (Å²) in [4.78, 5) is 13.4. The fourth-order valence-corrected chi connectivity index (χ4v) is 4.74. The quantitative estimate of drug-likeness (QED) is 0.409. The highest BCUT2D eigenvalue weighted by atomic mass is 16.4. The van der Waals surface area contributed by atoms with E-state index in [4.69, 9.17) is 5.11 Å². The molecule has 3 aromatic carbocycles. The van der Waals surface area contributed by atoms with Gasteiger partial charge in [0.25, 0.3) is 0 Å². The number of rotatable bonds is 10. The molecule has 0 radical (unpaired) electrons. The van der Waals surface area contributed by atoms with Crippen molar-refractivity contribution in [1.29, 1.82) is 0 Å². The van der Waals surface area contributed by atoms with E-state index in [0.717, 1.165) is 25.9 Å². The third-order valence-electron chi connectivity index (χ3n) is 6.63. The van der Waals surface area contributed by atoms with Crippen LogP contribution in [0.25, 0.3) is 0 Å². The van der Waals surface area contributed by atoms with E-state index in [1.54, 1.807) is 0 Å². The first kappa shape index (κ1) is 21.2. The van der Waals surface area contributed by atoms with Crippen LogP contribution in [0.4, 0.5) is 5.69 Å². The van der Waals surface area contributed by atoms with Crippen LogP contribution in [0.15, 0.2) is 84.9 Å². The summed E-state index contributed by atoms with van der Waals surface area (Å²) in [5.41, 5.74) is 5.36. The smallest absolute Gasteiger partial charge is 0.303 e. The summed E-state index contributed by atoms with van der Waals surface area (Å²) in [6.07, 6.45) is 5.57. The maximum atomic E-state index is 10.9. The van der Waals surface area contributed by atoms with Crippen LogP contribution in [0.3, 0.4) is 0 Å². The molecule has 0 bridgehead atoms. The number of benzene rings is 3. The zero-order valence-corrected chi connectivity index (χ0v) is 18.0. The van der Waals surface area contributed by atoms with Crippen LogP contribution in [0.2, 0.25) is 0 Å².